The summed E-state index contributed by atoms with van der Waals surface area (Å²) in [6, 6.07) is 4.72. The monoisotopic (exact) mass is 411 g/mol. The zero-order chi connectivity index (χ0) is 19.1. The number of ether oxygens (including phenoxy) is 1. The van der Waals surface area contributed by atoms with Crippen LogP contribution in [0.25, 0.3) is 32.0 Å². The van der Waals surface area contributed by atoms with E-state index < -0.39 is 0 Å². The van der Waals surface area contributed by atoms with Crippen molar-refractivity contribution in [1.29, 1.82) is 0 Å². The van der Waals surface area contributed by atoms with Crippen molar-refractivity contribution in [3.63, 3.8) is 0 Å². The molecule has 4 heterocycles. The van der Waals surface area contributed by atoms with Crippen LogP contribution in [-0.4, -0.2) is 31.5 Å². The number of nitrogens with zero attached hydrogens (tertiary/aromatic N) is 4. The second kappa shape index (κ2) is 6.92. The van der Waals surface area contributed by atoms with Crippen LogP contribution in [0.4, 0.5) is 4.39 Å². The molecule has 0 atom stereocenters. The van der Waals surface area contributed by atoms with Crippen LogP contribution in [0.3, 0.4) is 0 Å². The number of aryl methyl sites for hydroxylation is 1. The van der Waals surface area contributed by atoms with Gasteiger partial charge in [0, 0.05) is 29.7 Å². The fourth-order valence-corrected chi connectivity index (χ4v) is 4.39. The molecule has 4 aromatic heterocycles. The molecular formula is C19H14FN5OS2. The van der Waals surface area contributed by atoms with Crippen LogP contribution < -0.4 is 4.74 Å². The van der Waals surface area contributed by atoms with E-state index in [0.717, 1.165) is 31.2 Å². The summed E-state index contributed by atoms with van der Waals surface area (Å²) in [6.45, 7) is 2.34. The van der Waals surface area contributed by atoms with Gasteiger partial charge in [0.2, 0.25) is 5.88 Å². The molecule has 1 aromatic carbocycles. The Kier molecular flexibility index (Phi) is 4.25. The number of benzene rings is 1. The highest BCUT2D eigenvalue weighted by Crippen LogP contribution is 2.30. The lowest BCUT2D eigenvalue weighted by Gasteiger charge is -2.07. The van der Waals surface area contributed by atoms with Gasteiger partial charge in [0.1, 0.15) is 5.82 Å². The standard InChI is InChI=1S/C19H14FN5OS2/c1-10-21-8-15(28-10)17-24-18(16-19(25-17)27-9-23-16)26-5-4-11-7-22-14-3-2-12(20)6-13(11)14/h2-3,6-9,22H,4-5H2,1H3. The molecule has 6 nitrogen and oxygen atoms in total. The van der Waals surface area contributed by atoms with Crippen molar-refractivity contribution in [2.45, 2.75) is 13.3 Å². The van der Waals surface area contributed by atoms with Crippen LogP contribution >= 0.6 is 22.7 Å². The number of fused-ring (bicyclic) bond motifs is 2. The van der Waals surface area contributed by atoms with E-state index >= 15 is 0 Å². The number of H-pyrrole nitrogens is 1. The highest BCUT2D eigenvalue weighted by Gasteiger charge is 2.15. The molecule has 0 unspecified atom stereocenters. The average molecular weight is 411 g/mol. The zero-order valence-electron chi connectivity index (χ0n) is 14.8. The van der Waals surface area contributed by atoms with Gasteiger partial charge in [-0.05, 0) is 30.7 Å². The van der Waals surface area contributed by atoms with Crippen LogP contribution in [0.2, 0.25) is 0 Å². The van der Waals surface area contributed by atoms with Gasteiger partial charge in [0.25, 0.3) is 0 Å². The highest BCUT2D eigenvalue weighted by molar-refractivity contribution is 7.16. The van der Waals surface area contributed by atoms with Gasteiger partial charge in [-0.1, -0.05) is 0 Å². The van der Waals surface area contributed by atoms with E-state index in [4.69, 9.17) is 4.74 Å². The molecule has 0 spiro atoms. The van der Waals surface area contributed by atoms with E-state index in [9.17, 15) is 4.39 Å². The molecule has 0 bridgehead atoms. The van der Waals surface area contributed by atoms with Crippen molar-refractivity contribution in [2.24, 2.45) is 0 Å². The van der Waals surface area contributed by atoms with Crippen molar-refractivity contribution >= 4 is 43.9 Å². The first-order valence-electron chi connectivity index (χ1n) is 8.60. The molecule has 5 aromatic rings. The topological polar surface area (TPSA) is 76.6 Å². The van der Waals surface area contributed by atoms with Gasteiger partial charge < -0.3 is 9.72 Å². The molecule has 140 valence electrons. The van der Waals surface area contributed by atoms with Crippen LogP contribution in [0.1, 0.15) is 10.6 Å². The molecule has 0 saturated heterocycles. The Morgan fingerprint density at radius 1 is 1.21 bits per heavy atom. The summed E-state index contributed by atoms with van der Waals surface area (Å²) in [7, 11) is 0. The average Bonchev–Trinajstić information content (AvgIpc) is 3.41. The van der Waals surface area contributed by atoms with E-state index in [2.05, 4.69) is 24.9 Å². The minimum absolute atomic E-state index is 0.251. The molecule has 0 amide bonds. The van der Waals surface area contributed by atoms with Gasteiger partial charge >= 0.3 is 0 Å². The minimum atomic E-state index is -0.251. The fourth-order valence-electron chi connectivity index (χ4n) is 3.03. The summed E-state index contributed by atoms with van der Waals surface area (Å²) in [4.78, 5) is 22.6. The van der Waals surface area contributed by atoms with Crippen molar-refractivity contribution in [3.8, 4) is 16.6 Å². The Morgan fingerprint density at radius 3 is 3.00 bits per heavy atom. The third-order valence-electron chi connectivity index (χ3n) is 4.35. The molecule has 5 rings (SSSR count). The number of aromatic nitrogens is 5. The predicted octanol–water partition coefficient (Wildman–Crippen LogP) is 4.76. The van der Waals surface area contributed by atoms with Gasteiger partial charge in [0.05, 0.1) is 22.0 Å². The Labute approximate surface area is 167 Å². The van der Waals surface area contributed by atoms with Gasteiger partial charge in [-0.25, -0.2) is 19.3 Å². The quantitative estimate of drug-likeness (QED) is 0.451. The number of nitrogens with one attached hydrogen (secondary N) is 1. The van der Waals surface area contributed by atoms with Gasteiger partial charge in [0.15, 0.2) is 16.2 Å². The molecular weight excluding hydrogens is 397 g/mol. The van der Waals surface area contributed by atoms with Gasteiger partial charge in [-0.15, -0.1) is 22.7 Å². The Bertz CT molecular complexity index is 1290. The summed E-state index contributed by atoms with van der Waals surface area (Å²) in [5.74, 6) is 0.795. The molecule has 1 N–H and O–H groups in total. The van der Waals surface area contributed by atoms with E-state index in [1.165, 1.54) is 34.8 Å². The van der Waals surface area contributed by atoms with Crippen LogP contribution in [0.5, 0.6) is 5.88 Å². The summed E-state index contributed by atoms with van der Waals surface area (Å²) >= 11 is 2.99. The van der Waals surface area contributed by atoms with E-state index in [1.54, 1.807) is 17.8 Å². The zero-order valence-corrected chi connectivity index (χ0v) is 16.4. The summed E-state index contributed by atoms with van der Waals surface area (Å²) in [6.07, 6.45) is 4.28. The van der Waals surface area contributed by atoms with Crippen molar-refractivity contribution in [2.75, 3.05) is 6.61 Å². The van der Waals surface area contributed by atoms with Crippen LogP contribution in [-0.2, 0) is 6.42 Å². The summed E-state index contributed by atoms with van der Waals surface area (Å²) in [5, 5.41) is 1.82. The maximum absolute atomic E-state index is 13.6. The first-order valence-corrected chi connectivity index (χ1v) is 10.3. The Balaban J connectivity index is 1.41. The van der Waals surface area contributed by atoms with E-state index in [-0.39, 0.29) is 5.82 Å². The lowest BCUT2D eigenvalue weighted by Crippen LogP contribution is -2.04. The first kappa shape index (κ1) is 17.2. The second-order valence-electron chi connectivity index (χ2n) is 6.20. The Hall–Kier alpha value is -2.91. The number of rotatable bonds is 5. The fraction of sp³-hybridized carbons (Fsp3) is 0.158. The number of thiazole rings is 2. The smallest absolute Gasteiger partial charge is 0.245 e. The minimum Gasteiger partial charge on any atom is -0.476 e. The van der Waals surface area contributed by atoms with Crippen LogP contribution in [0, 0.1) is 12.7 Å². The van der Waals surface area contributed by atoms with Crippen molar-refractivity contribution in [3.05, 3.63) is 52.5 Å². The largest absolute Gasteiger partial charge is 0.476 e. The second-order valence-corrected chi connectivity index (χ2v) is 8.27. The number of halogens is 1. The number of aromatic amines is 1. The number of hydrogen-bond acceptors (Lipinski definition) is 7. The van der Waals surface area contributed by atoms with E-state index in [1.807, 2.05) is 13.1 Å². The summed E-state index contributed by atoms with van der Waals surface area (Å²) < 4.78 is 19.5. The number of hydrogen-bond donors (Lipinski definition) is 1. The molecule has 28 heavy (non-hydrogen) atoms. The van der Waals surface area contributed by atoms with Gasteiger partial charge in [-0.3, -0.25) is 0 Å². The molecule has 0 aliphatic heterocycles. The third kappa shape index (κ3) is 3.12. The normalized spacial score (nSPS) is 11.5. The molecule has 0 aliphatic carbocycles. The first-order chi connectivity index (χ1) is 13.7. The molecule has 0 aliphatic rings. The lowest BCUT2D eigenvalue weighted by atomic mass is 10.1. The molecule has 0 saturated carbocycles. The van der Waals surface area contributed by atoms with Crippen molar-refractivity contribution < 1.29 is 9.13 Å². The van der Waals surface area contributed by atoms with Crippen LogP contribution in [0.15, 0.2) is 36.1 Å². The third-order valence-corrected chi connectivity index (χ3v) is 5.97. The predicted molar refractivity (Wildman–Crippen MR) is 109 cm³/mol. The maximum Gasteiger partial charge on any atom is 0.245 e. The maximum atomic E-state index is 13.6. The van der Waals surface area contributed by atoms with Gasteiger partial charge in [-0.2, -0.15) is 4.98 Å². The van der Waals surface area contributed by atoms with Crippen molar-refractivity contribution in [1.82, 2.24) is 24.9 Å². The molecule has 0 radical (unpaired) electrons. The van der Waals surface area contributed by atoms with E-state index in [0.29, 0.717) is 30.2 Å². The highest BCUT2D eigenvalue weighted by atomic mass is 32.1. The molecule has 0 fully saturated rings. The summed E-state index contributed by atoms with van der Waals surface area (Å²) in [5.41, 5.74) is 4.29. The molecule has 9 heteroatoms. The Morgan fingerprint density at radius 2 is 2.14 bits per heavy atom. The SMILES string of the molecule is Cc1ncc(-c2nc(OCCc3c[nH]c4ccc(F)cc34)c3ncsc3n2)s1. The lowest BCUT2D eigenvalue weighted by molar-refractivity contribution is 0.313.